The van der Waals surface area contributed by atoms with Crippen molar-refractivity contribution in [3.05, 3.63) is 70.4 Å². The number of nitrogens with one attached hydrogen (secondary N) is 1. The molecule has 0 atom stereocenters. The van der Waals surface area contributed by atoms with Crippen LogP contribution in [-0.2, 0) is 16.1 Å². The van der Waals surface area contributed by atoms with Crippen LogP contribution < -0.4 is 10.2 Å². The fourth-order valence-corrected chi connectivity index (χ4v) is 3.48. The Balaban J connectivity index is 1.48. The quantitative estimate of drug-likeness (QED) is 0.635. The van der Waals surface area contributed by atoms with Crippen molar-refractivity contribution in [1.29, 1.82) is 0 Å². The molecule has 6 nitrogen and oxygen atoms in total. The Kier molecular flexibility index (Phi) is 5.32. The Labute approximate surface area is 168 Å². The molecule has 0 aliphatic carbocycles. The van der Waals surface area contributed by atoms with E-state index in [2.05, 4.69) is 10.2 Å². The Morgan fingerprint density at radius 3 is 2.46 bits per heavy atom. The standard InChI is InChI=1S/C21H20ClN3O3/c22-18-4-2-1-3-16(18)14-25-20(26)19(23-21(25)27)13-15-5-7-17(8-6-15)24-9-11-28-12-10-24/h1-8,13H,9-12,14H2,(H,23,27). The van der Waals surface area contributed by atoms with Crippen molar-refractivity contribution < 1.29 is 14.3 Å². The molecule has 3 amide bonds. The van der Waals surface area contributed by atoms with Gasteiger partial charge in [0.05, 0.1) is 19.8 Å². The van der Waals surface area contributed by atoms with Crippen LogP contribution in [0.3, 0.4) is 0 Å². The van der Waals surface area contributed by atoms with Crippen molar-refractivity contribution >= 4 is 35.3 Å². The summed E-state index contributed by atoms with van der Waals surface area (Å²) in [5, 5.41) is 3.18. The van der Waals surface area contributed by atoms with Gasteiger partial charge in [-0.15, -0.1) is 0 Å². The zero-order valence-corrected chi connectivity index (χ0v) is 16.0. The van der Waals surface area contributed by atoms with E-state index in [4.69, 9.17) is 16.3 Å². The lowest BCUT2D eigenvalue weighted by Gasteiger charge is -2.28. The number of morpholine rings is 1. The summed E-state index contributed by atoms with van der Waals surface area (Å²) in [4.78, 5) is 28.3. The molecule has 1 N–H and O–H groups in total. The molecule has 2 aromatic rings. The number of nitrogens with zero attached hydrogens (tertiary/aromatic N) is 2. The molecule has 28 heavy (non-hydrogen) atoms. The van der Waals surface area contributed by atoms with E-state index >= 15 is 0 Å². The van der Waals surface area contributed by atoms with Gasteiger partial charge in [0.1, 0.15) is 5.70 Å². The predicted octanol–water partition coefficient (Wildman–Crippen LogP) is 3.27. The Hall–Kier alpha value is -2.83. The molecule has 2 fully saturated rings. The summed E-state index contributed by atoms with van der Waals surface area (Å²) in [5.41, 5.74) is 2.95. The minimum atomic E-state index is -0.443. The number of ether oxygens (including phenoxy) is 1. The van der Waals surface area contributed by atoms with Crippen LogP contribution in [0.25, 0.3) is 6.08 Å². The molecule has 2 aromatic carbocycles. The van der Waals surface area contributed by atoms with Crippen LogP contribution in [0.5, 0.6) is 0 Å². The third-order valence-electron chi connectivity index (χ3n) is 4.83. The zero-order valence-electron chi connectivity index (χ0n) is 15.2. The molecule has 0 aromatic heterocycles. The van der Waals surface area contributed by atoms with Crippen molar-refractivity contribution in [2.75, 3.05) is 31.2 Å². The molecule has 0 spiro atoms. The number of hydrogen-bond donors (Lipinski definition) is 1. The summed E-state index contributed by atoms with van der Waals surface area (Å²) in [6.45, 7) is 3.33. The first-order valence-corrected chi connectivity index (χ1v) is 9.50. The summed E-state index contributed by atoms with van der Waals surface area (Å²) in [5.74, 6) is -0.359. The second-order valence-corrected chi connectivity index (χ2v) is 7.07. The highest BCUT2D eigenvalue weighted by Crippen LogP contribution is 2.22. The first-order chi connectivity index (χ1) is 13.6. The third kappa shape index (κ3) is 3.88. The van der Waals surface area contributed by atoms with E-state index in [0.29, 0.717) is 5.02 Å². The molecule has 0 bridgehead atoms. The van der Waals surface area contributed by atoms with Crippen molar-refractivity contribution in [2.24, 2.45) is 0 Å². The number of halogens is 1. The van der Waals surface area contributed by atoms with Gasteiger partial charge in [0.2, 0.25) is 0 Å². The van der Waals surface area contributed by atoms with Gasteiger partial charge < -0.3 is 15.0 Å². The lowest BCUT2D eigenvalue weighted by Crippen LogP contribution is -2.36. The maximum atomic E-state index is 12.7. The van der Waals surface area contributed by atoms with Gasteiger partial charge in [-0.3, -0.25) is 9.69 Å². The molecule has 144 valence electrons. The molecule has 7 heteroatoms. The van der Waals surface area contributed by atoms with Crippen molar-refractivity contribution in [1.82, 2.24) is 10.2 Å². The van der Waals surface area contributed by atoms with Crippen molar-refractivity contribution in [3.63, 3.8) is 0 Å². The van der Waals surface area contributed by atoms with Gasteiger partial charge in [-0.2, -0.15) is 0 Å². The molecular weight excluding hydrogens is 378 g/mol. The summed E-state index contributed by atoms with van der Waals surface area (Å²) in [6.07, 6.45) is 1.69. The highest BCUT2D eigenvalue weighted by molar-refractivity contribution is 6.31. The van der Waals surface area contributed by atoms with Crippen LogP contribution >= 0.6 is 11.6 Å². The van der Waals surface area contributed by atoms with Crippen LogP contribution in [0.2, 0.25) is 5.02 Å². The van der Waals surface area contributed by atoms with Gasteiger partial charge in [0.25, 0.3) is 5.91 Å². The lowest BCUT2D eigenvalue weighted by atomic mass is 10.1. The third-order valence-corrected chi connectivity index (χ3v) is 5.20. The van der Waals surface area contributed by atoms with E-state index in [9.17, 15) is 9.59 Å². The summed E-state index contributed by atoms with van der Waals surface area (Å²) < 4.78 is 5.37. The summed E-state index contributed by atoms with van der Waals surface area (Å²) in [6, 6.07) is 14.6. The van der Waals surface area contributed by atoms with Crippen LogP contribution in [0, 0.1) is 0 Å². The van der Waals surface area contributed by atoms with Crippen LogP contribution in [0.4, 0.5) is 10.5 Å². The first kappa shape index (κ1) is 18.5. The monoisotopic (exact) mass is 397 g/mol. The van der Waals surface area contributed by atoms with Gasteiger partial charge in [-0.05, 0) is 35.4 Å². The molecule has 2 aliphatic rings. The van der Waals surface area contributed by atoms with Crippen LogP contribution in [0.1, 0.15) is 11.1 Å². The van der Waals surface area contributed by atoms with Gasteiger partial charge in [-0.1, -0.05) is 41.9 Å². The summed E-state index contributed by atoms with van der Waals surface area (Å²) in [7, 11) is 0. The number of imide groups is 1. The molecule has 0 saturated carbocycles. The van der Waals surface area contributed by atoms with E-state index in [1.165, 1.54) is 0 Å². The number of urea groups is 1. The first-order valence-electron chi connectivity index (χ1n) is 9.12. The minimum Gasteiger partial charge on any atom is -0.378 e. The number of carbonyl (C=O) groups excluding carboxylic acids is 2. The number of hydrogen-bond acceptors (Lipinski definition) is 4. The highest BCUT2D eigenvalue weighted by atomic mass is 35.5. The molecular formula is C21H20ClN3O3. The summed E-state index contributed by atoms with van der Waals surface area (Å²) >= 11 is 6.15. The van der Waals surface area contributed by atoms with E-state index in [0.717, 1.165) is 48.0 Å². The Bertz CT molecular complexity index is 921. The maximum Gasteiger partial charge on any atom is 0.329 e. The number of rotatable bonds is 4. The number of amides is 3. The SMILES string of the molecule is O=C1NC(=Cc2ccc(N3CCOCC3)cc2)C(=O)N1Cc1ccccc1Cl. The Morgan fingerprint density at radius 1 is 1.04 bits per heavy atom. The van der Waals surface area contributed by atoms with Crippen molar-refractivity contribution in [2.45, 2.75) is 6.54 Å². The lowest BCUT2D eigenvalue weighted by molar-refractivity contribution is -0.123. The van der Waals surface area contributed by atoms with Gasteiger partial charge in [0, 0.05) is 23.8 Å². The predicted molar refractivity (Wildman–Crippen MR) is 108 cm³/mol. The van der Waals surface area contributed by atoms with Crippen molar-refractivity contribution in [3.8, 4) is 0 Å². The number of anilines is 1. The second-order valence-electron chi connectivity index (χ2n) is 6.66. The fourth-order valence-electron chi connectivity index (χ4n) is 3.28. The van der Waals surface area contributed by atoms with Crippen LogP contribution in [0.15, 0.2) is 54.2 Å². The Morgan fingerprint density at radius 2 is 1.75 bits per heavy atom. The molecule has 2 heterocycles. The largest absolute Gasteiger partial charge is 0.378 e. The van der Waals surface area contributed by atoms with E-state index in [1.54, 1.807) is 18.2 Å². The maximum absolute atomic E-state index is 12.7. The van der Waals surface area contributed by atoms with E-state index in [1.807, 2.05) is 36.4 Å². The molecule has 2 aliphatic heterocycles. The zero-order chi connectivity index (χ0) is 19.5. The molecule has 0 unspecified atom stereocenters. The number of carbonyl (C=O) groups is 2. The van der Waals surface area contributed by atoms with Gasteiger partial charge in [-0.25, -0.2) is 4.79 Å². The normalized spacial score (nSPS) is 18.7. The average molecular weight is 398 g/mol. The highest BCUT2D eigenvalue weighted by Gasteiger charge is 2.33. The number of benzene rings is 2. The van der Waals surface area contributed by atoms with Gasteiger partial charge in [0.15, 0.2) is 0 Å². The van der Waals surface area contributed by atoms with Gasteiger partial charge >= 0.3 is 6.03 Å². The topological polar surface area (TPSA) is 61.9 Å². The second kappa shape index (κ2) is 8.04. The molecule has 2 saturated heterocycles. The fraction of sp³-hybridized carbons (Fsp3) is 0.238. The van der Waals surface area contributed by atoms with Crippen LogP contribution in [-0.4, -0.2) is 43.1 Å². The molecule has 0 radical (unpaired) electrons. The van der Waals surface area contributed by atoms with E-state index < -0.39 is 6.03 Å². The van der Waals surface area contributed by atoms with E-state index in [-0.39, 0.29) is 18.1 Å². The minimum absolute atomic E-state index is 0.137. The average Bonchev–Trinajstić information content (AvgIpc) is 2.98. The smallest absolute Gasteiger partial charge is 0.329 e. The molecule has 4 rings (SSSR count).